The van der Waals surface area contributed by atoms with Crippen LogP contribution in [0.3, 0.4) is 0 Å². The molecule has 1 aliphatic rings. The highest BCUT2D eigenvalue weighted by Crippen LogP contribution is 2.41. The molecular formula is C14H19ClO2. The van der Waals surface area contributed by atoms with Crippen LogP contribution < -0.4 is 0 Å². The van der Waals surface area contributed by atoms with Crippen molar-refractivity contribution in [3.05, 3.63) is 34.9 Å². The third-order valence-electron chi connectivity index (χ3n) is 2.98. The lowest BCUT2D eigenvalue weighted by atomic mass is 9.96. The largest absolute Gasteiger partial charge is 0.344 e. The fourth-order valence-electron chi connectivity index (χ4n) is 2.19. The van der Waals surface area contributed by atoms with Crippen molar-refractivity contribution in [1.29, 1.82) is 0 Å². The highest BCUT2D eigenvalue weighted by atomic mass is 35.5. The SMILES string of the molecule is CC(C)[C@@H]1OC(C)(C)O[C@H]1c1ccc(Cl)cc1. The quantitative estimate of drug-likeness (QED) is 0.788. The summed E-state index contributed by atoms with van der Waals surface area (Å²) >= 11 is 5.90. The number of halogens is 1. The van der Waals surface area contributed by atoms with Crippen molar-refractivity contribution in [3.63, 3.8) is 0 Å². The summed E-state index contributed by atoms with van der Waals surface area (Å²) in [6, 6.07) is 7.80. The number of rotatable bonds is 2. The van der Waals surface area contributed by atoms with Crippen LogP contribution in [0.15, 0.2) is 24.3 Å². The van der Waals surface area contributed by atoms with Gasteiger partial charge in [0, 0.05) is 5.02 Å². The maximum Gasteiger partial charge on any atom is 0.164 e. The Morgan fingerprint density at radius 2 is 1.71 bits per heavy atom. The van der Waals surface area contributed by atoms with E-state index in [2.05, 4.69) is 13.8 Å². The van der Waals surface area contributed by atoms with Crippen LogP contribution >= 0.6 is 11.6 Å². The van der Waals surface area contributed by atoms with Gasteiger partial charge in [-0.15, -0.1) is 0 Å². The van der Waals surface area contributed by atoms with Gasteiger partial charge in [-0.05, 0) is 37.5 Å². The van der Waals surface area contributed by atoms with Gasteiger partial charge in [-0.25, -0.2) is 0 Å². The molecule has 2 rings (SSSR count). The summed E-state index contributed by atoms with van der Waals surface area (Å²) in [7, 11) is 0. The Bertz CT molecular complexity index is 384. The number of hydrogen-bond donors (Lipinski definition) is 0. The lowest BCUT2D eigenvalue weighted by Crippen LogP contribution is -2.24. The van der Waals surface area contributed by atoms with Gasteiger partial charge in [-0.3, -0.25) is 0 Å². The average molecular weight is 255 g/mol. The van der Waals surface area contributed by atoms with Gasteiger partial charge in [0.25, 0.3) is 0 Å². The molecule has 0 amide bonds. The van der Waals surface area contributed by atoms with Crippen LogP contribution in [0, 0.1) is 5.92 Å². The summed E-state index contributed by atoms with van der Waals surface area (Å²) in [6.07, 6.45) is 0.0773. The Morgan fingerprint density at radius 1 is 1.12 bits per heavy atom. The second-order valence-electron chi connectivity index (χ2n) is 5.32. The summed E-state index contributed by atoms with van der Waals surface area (Å²) in [5.41, 5.74) is 1.12. The van der Waals surface area contributed by atoms with Crippen LogP contribution in [0.1, 0.15) is 39.4 Å². The topological polar surface area (TPSA) is 18.5 Å². The third-order valence-corrected chi connectivity index (χ3v) is 3.24. The predicted octanol–water partition coefficient (Wildman–Crippen LogP) is 4.19. The first-order chi connectivity index (χ1) is 7.89. The summed E-state index contributed by atoms with van der Waals surface area (Å²) in [4.78, 5) is 0. The fraction of sp³-hybridized carbons (Fsp3) is 0.571. The third kappa shape index (κ3) is 2.82. The van der Waals surface area contributed by atoms with E-state index in [0.29, 0.717) is 5.92 Å². The van der Waals surface area contributed by atoms with Crippen LogP contribution in [-0.2, 0) is 9.47 Å². The number of hydrogen-bond acceptors (Lipinski definition) is 2. The van der Waals surface area contributed by atoms with Gasteiger partial charge in [0.2, 0.25) is 0 Å². The lowest BCUT2D eigenvalue weighted by molar-refractivity contribution is -0.150. The van der Waals surface area contributed by atoms with Gasteiger partial charge < -0.3 is 9.47 Å². The average Bonchev–Trinajstić information content (AvgIpc) is 2.56. The zero-order chi connectivity index (χ0) is 12.6. The first kappa shape index (κ1) is 12.9. The molecule has 1 aromatic carbocycles. The molecule has 2 atom stereocenters. The number of ether oxygens (including phenoxy) is 2. The Morgan fingerprint density at radius 3 is 2.24 bits per heavy atom. The summed E-state index contributed by atoms with van der Waals surface area (Å²) in [5.74, 6) is -0.100. The standard InChI is InChI=1S/C14H19ClO2/c1-9(2)12-13(17-14(3,4)16-12)10-5-7-11(15)8-6-10/h5-9,12-13H,1-4H3/t12-,13-/m0/s1. The van der Waals surface area contributed by atoms with Crippen LogP contribution in [0.25, 0.3) is 0 Å². The van der Waals surface area contributed by atoms with E-state index < -0.39 is 5.79 Å². The molecule has 0 radical (unpaired) electrons. The first-order valence-corrected chi connectivity index (χ1v) is 6.38. The molecule has 0 N–H and O–H groups in total. The molecule has 0 aromatic heterocycles. The maximum absolute atomic E-state index is 5.98. The van der Waals surface area contributed by atoms with E-state index in [4.69, 9.17) is 21.1 Å². The van der Waals surface area contributed by atoms with E-state index >= 15 is 0 Å². The van der Waals surface area contributed by atoms with E-state index in [9.17, 15) is 0 Å². The minimum Gasteiger partial charge on any atom is -0.344 e. The van der Waals surface area contributed by atoms with Gasteiger partial charge in [0.1, 0.15) is 6.10 Å². The van der Waals surface area contributed by atoms with Crippen LogP contribution in [0.5, 0.6) is 0 Å². The first-order valence-electron chi connectivity index (χ1n) is 6.00. The zero-order valence-corrected chi connectivity index (χ0v) is 11.5. The molecule has 2 nitrogen and oxygen atoms in total. The van der Waals surface area contributed by atoms with E-state index in [1.54, 1.807) is 0 Å². The molecule has 1 heterocycles. The van der Waals surface area contributed by atoms with Crippen molar-refractivity contribution in [1.82, 2.24) is 0 Å². The maximum atomic E-state index is 5.98. The van der Waals surface area contributed by atoms with Crippen molar-refractivity contribution in [2.75, 3.05) is 0 Å². The van der Waals surface area contributed by atoms with E-state index in [1.807, 2.05) is 38.1 Å². The number of benzene rings is 1. The molecule has 1 fully saturated rings. The Balaban J connectivity index is 2.27. The molecule has 0 bridgehead atoms. The smallest absolute Gasteiger partial charge is 0.164 e. The second-order valence-corrected chi connectivity index (χ2v) is 5.75. The lowest BCUT2D eigenvalue weighted by Gasteiger charge is -2.20. The predicted molar refractivity (Wildman–Crippen MR) is 69.1 cm³/mol. The van der Waals surface area contributed by atoms with E-state index in [1.165, 1.54) is 0 Å². The van der Waals surface area contributed by atoms with Gasteiger partial charge in [0.15, 0.2) is 5.79 Å². The van der Waals surface area contributed by atoms with E-state index in [0.717, 1.165) is 10.6 Å². The fourth-order valence-corrected chi connectivity index (χ4v) is 2.31. The summed E-state index contributed by atoms with van der Waals surface area (Å²) in [6.45, 7) is 8.22. The highest BCUT2D eigenvalue weighted by molar-refractivity contribution is 6.30. The minimum atomic E-state index is -0.515. The van der Waals surface area contributed by atoms with Gasteiger partial charge >= 0.3 is 0 Å². The molecule has 0 spiro atoms. The summed E-state index contributed by atoms with van der Waals surface area (Å²) in [5, 5.41) is 0.744. The molecule has 0 unspecified atom stereocenters. The van der Waals surface area contributed by atoms with Crippen LogP contribution in [0.2, 0.25) is 5.02 Å². The van der Waals surface area contributed by atoms with E-state index in [-0.39, 0.29) is 12.2 Å². The Kier molecular flexibility index (Phi) is 3.48. The normalized spacial score (nSPS) is 27.6. The van der Waals surface area contributed by atoms with Crippen LogP contribution in [0.4, 0.5) is 0 Å². The van der Waals surface area contributed by atoms with Gasteiger partial charge in [0.05, 0.1) is 6.10 Å². The Hall–Kier alpha value is -0.570. The molecule has 0 saturated carbocycles. The zero-order valence-electron chi connectivity index (χ0n) is 10.7. The molecule has 3 heteroatoms. The van der Waals surface area contributed by atoms with Gasteiger partial charge in [-0.2, -0.15) is 0 Å². The second kappa shape index (κ2) is 4.60. The molecule has 1 saturated heterocycles. The molecule has 0 aliphatic carbocycles. The van der Waals surface area contributed by atoms with Crippen molar-refractivity contribution < 1.29 is 9.47 Å². The van der Waals surface area contributed by atoms with Crippen molar-refractivity contribution in [2.45, 2.75) is 45.7 Å². The molecular weight excluding hydrogens is 236 g/mol. The highest BCUT2D eigenvalue weighted by Gasteiger charge is 2.43. The molecule has 1 aromatic rings. The van der Waals surface area contributed by atoms with Crippen LogP contribution in [-0.4, -0.2) is 11.9 Å². The van der Waals surface area contributed by atoms with Crippen molar-refractivity contribution in [2.24, 2.45) is 5.92 Å². The summed E-state index contributed by atoms with van der Waals surface area (Å²) < 4.78 is 11.9. The van der Waals surface area contributed by atoms with Crippen molar-refractivity contribution in [3.8, 4) is 0 Å². The molecule has 17 heavy (non-hydrogen) atoms. The monoisotopic (exact) mass is 254 g/mol. The van der Waals surface area contributed by atoms with Gasteiger partial charge in [-0.1, -0.05) is 37.6 Å². The molecule has 94 valence electrons. The molecule has 1 aliphatic heterocycles. The Labute approximate surface area is 108 Å². The van der Waals surface area contributed by atoms with Crippen molar-refractivity contribution >= 4 is 11.6 Å². The minimum absolute atomic E-state index is 0.0118.